The van der Waals surface area contributed by atoms with E-state index in [2.05, 4.69) is 43.5 Å². The molecule has 0 bridgehead atoms. The number of amides is 1. The molecule has 0 radical (unpaired) electrons. The highest BCUT2D eigenvalue weighted by atomic mass is 31.2. The van der Waals surface area contributed by atoms with E-state index in [1.54, 1.807) is 0 Å². The summed E-state index contributed by atoms with van der Waals surface area (Å²) in [6.07, 6.45) is 68.4. The number of aliphatic hydroxyl groups excluding tert-OH is 1. The zero-order valence-corrected chi connectivity index (χ0v) is 49.1. The third-order valence-electron chi connectivity index (χ3n) is 14.4. The van der Waals surface area contributed by atoms with E-state index in [-0.39, 0.29) is 19.1 Å². The molecule has 1 amide bonds. The zero-order valence-electron chi connectivity index (χ0n) is 48.2. The number of quaternary nitrogens is 1. The van der Waals surface area contributed by atoms with Crippen LogP contribution in [0, 0.1) is 0 Å². The molecule has 0 aromatic carbocycles. The van der Waals surface area contributed by atoms with Gasteiger partial charge in [0, 0.05) is 6.42 Å². The highest BCUT2D eigenvalue weighted by molar-refractivity contribution is 7.45. The number of nitrogens with one attached hydrogen (secondary N) is 1. The minimum atomic E-state index is -4.56. The molecule has 0 saturated heterocycles. The van der Waals surface area contributed by atoms with Gasteiger partial charge in [0.15, 0.2) is 0 Å². The highest BCUT2D eigenvalue weighted by Crippen LogP contribution is 2.38. The molecule has 0 fully saturated rings. The van der Waals surface area contributed by atoms with E-state index in [4.69, 9.17) is 9.05 Å². The molecular weight excluding hydrogens is 900 g/mol. The number of likely N-dealkylation sites (N-methyl/N-ethyl adjacent to an activating group) is 1. The molecule has 0 heterocycles. The number of hydrogen-bond acceptors (Lipinski definition) is 6. The first-order chi connectivity index (χ1) is 34.5. The van der Waals surface area contributed by atoms with Gasteiger partial charge in [-0.25, -0.2) is 0 Å². The minimum Gasteiger partial charge on any atom is -0.756 e. The third-order valence-corrected chi connectivity index (χ3v) is 15.4. The Morgan fingerprint density at radius 3 is 1.17 bits per heavy atom. The number of phosphoric ester groups is 1. The normalized spacial score (nSPS) is 14.0. The molecule has 0 rings (SSSR count). The second-order valence-electron chi connectivity index (χ2n) is 22.8. The predicted molar refractivity (Wildman–Crippen MR) is 307 cm³/mol. The lowest BCUT2D eigenvalue weighted by Gasteiger charge is -2.30. The van der Waals surface area contributed by atoms with Gasteiger partial charge in [-0.3, -0.25) is 9.36 Å². The van der Waals surface area contributed by atoms with Gasteiger partial charge in [-0.15, -0.1) is 0 Å². The van der Waals surface area contributed by atoms with Crippen molar-refractivity contribution in [2.45, 2.75) is 328 Å². The number of phosphoric acid groups is 1. The Bertz CT molecular complexity index is 1210. The van der Waals surface area contributed by atoms with Crippen molar-refractivity contribution in [2.75, 3.05) is 40.9 Å². The Morgan fingerprint density at radius 2 is 0.817 bits per heavy atom. The maximum Gasteiger partial charge on any atom is 0.268 e. The van der Waals surface area contributed by atoms with Crippen LogP contribution in [-0.4, -0.2) is 68.5 Å². The van der Waals surface area contributed by atoms with E-state index in [0.717, 1.165) is 44.9 Å². The molecule has 0 aliphatic heterocycles. The quantitative estimate of drug-likeness (QED) is 0.0272. The predicted octanol–water partition coefficient (Wildman–Crippen LogP) is 18.5. The van der Waals surface area contributed by atoms with Gasteiger partial charge in [0.05, 0.1) is 39.9 Å². The fourth-order valence-corrected chi connectivity index (χ4v) is 10.3. The molecule has 71 heavy (non-hydrogen) atoms. The van der Waals surface area contributed by atoms with Crippen LogP contribution in [0.5, 0.6) is 0 Å². The number of carbonyl (C=O) groups is 1. The van der Waals surface area contributed by atoms with Crippen LogP contribution < -0.4 is 10.2 Å². The van der Waals surface area contributed by atoms with Crippen molar-refractivity contribution in [3.05, 3.63) is 24.3 Å². The van der Waals surface area contributed by atoms with Crippen LogP contribution in [0.4, 0.5) is 0 Å². The lowest BCUT2D eigenvalue weighted by molar-refractivity contribution is -0.870. The fraction of sp³-hybridized carbons (Fsp3) is 0.919. The second-order valence-corrected chi connectivity index (χ2v) is 24.2. The van der Waals surface area contributed by atoms with Crippen molar-refractivity contribution in [2.24, 2.45) is 0 Å². The summed E-state index contributed by atoms with van der Waals surface area (Å²) in [6.45, 7) is 4.73. The second kappa shape index (κ2) is 53.8. The average molecular weight is 1020 g/mol. The van der Waals surface area contributed by atoms with Gasteiger partial charge in [0.1, 0.15) is 13.2 Å². The summed E-state index contributed by atoms with van der Waals surface area (Å²) in [6, 6.07) is -0.797. The van der Waals surface area contributed by atoms with Crippen LogP contribution in [0.3, 0.4) is 0 Å². The van der Waals surface area contributed by atoms with Gasteiger partial charge in [0.2, 0.25) is 5.91 Å². The van der Waals surface area contributed by atoms with Gasteiger partial charge in [-0.2, -0.15) is 0 Å². The molecule has 0 spiro atoms. The maximum absolute atomic E-state index is 12.9. The monoisotopic (exact) mass is 1020 g/mol. The molecule has 0 aliphatic rings. The standard InChI is InChI=1S/C62H123N2O6P/c1-6-8-10-12-14-16-18-19-20-21-22-23-24-25-26-27-28-29-30-31-32-33-34-35-36-37-38-39-40-41-42-43-44-45-46-48-50-52-54-56-62(66)63-60(59-70-71(67,68)69-58-57-64(3,4)5)61(65)55-53-51-49-47-17-15-13-11-9-7-2/h28-29,31-32,60-61,65H,6-27,30,33-59H2,1-5H3,(H-,63,66,67,68)/b29-28-,32-31-. The van der Waals surface area contributed by atoms with Crippen LogP contribution in [0.25, 0.3) is 0 Å². The number of unbranched alkanes of at least 4 members (excludes halogenated alkanes) is 41. The smallest absolute Gasteiger partial charge is 0.268 e. The Labute approximate surface area is 443 Å². The summed E-state index contributed by atoms with van der Waals surface area (Å²) in [4.78, 5) is 25.4. The number of carbonyl (C=O) groups excluding carboxylic acids is 1. The summed E-state index contributed by atoms with van der Waals surface area (Å²) in [5, 5.41) is 13.9. The topological polar surface area (TPSA) is 108 Å². The molecule has 0 aromatic heterocycles. The van der Waals surface area contributed by atoms with Crippen LogP contribution in [0.1, 0.15) is 316 Å². The Morgan fingerprint density at radius 1 is 0.493 bits per heavy atom. The van der Waals surface area contributed by atoms with Gasteiger partial charge in [-0.05, 0) is 44.9 Å². The first kappa shape index (κ1) is 70.0. The van der Waals surface area contributed by atoms with Crippen LogP contribution >= 0.6 is 7.82 Å². The molecule has 422 valence electrons. The van der Waals surface area contributed by atoms with Crippen LogP contribution in [0.2, 0.25) is 0 Å². The van der Waals surface area contributed by atoms with E-state index < -0.39 is 20.0 Å². The van der Waals surface area contributed by atoms with Gasteiger partial charge >= 0.3 is 0 Å². The molecule has 9 heteroatoms. The molecule has 0 aromatic rings. The van der Waals surface area contributed by atoms with E-state index >= 15 is 0 Å². The highest BCUT2D eigenvalue weighted by Gasteiger charge is 2.24. The van der Waals surface area contributed by atoms with Crippen molar-refractivity contribution >= 4 is 13.7 Å². The first-order valence-corrected chi connectivity index (χ1v) is 32.6. The van der Waals surface area contributed by atoms with Crippen molar-refractivity contribution in [3.8, 4) is 0 Å². The Kier molecular flexibility index (Phi) is 53.0. The van der Waals surface area contributed by atoms with Crippen molar-refractivity contribution < 1.29 is 32.9 Å². The van der Waals surface area contributed by atoms with E-state index in [1.807, 2.05) is 21.1 Å². The number of rotatable bonds is 58. The van der Waals surface area contributed by atoms with Crippen molar-refractivity contribution in [1.82, 2.24) is 5.32 Å². The third kappa shape index (κ3) is 56.5. The van der Waals surface area contributed by atoms with Gasteiger partial charge in [0.25, 0.3) is 7.82 Å². The Balaban J connectivity index is 3.81. The van der Waals surface area contributed by atoms with Crippen molar-refractivity contribution in [3.63, 3.8) is 0 Å². The molecule has 3 atom stereocenters. The summed E-state index contributed by atoms with van der Waals surface area (Å²) in [5.74, 6) is -0.162. The number of allylic oxidation sites excluding steroid dienone is 4. The molecule has 8 nitrogen and oxygen atoms in total. The van der Waals surface area contributed by atoms with E-state index in [1.165, 1.54) is 244 Å². The van der Waals surface area contributed by atoms with Crippen LogP contribution in [0.15, 0.2) is 24.3 Å². The largest absolute Gasteiger partial charge is 0.756 e. The number of aliphatic hydroxyl groups is 1. The summed E-state index contributed by atoms with van der Waals surface area (Å²) >= 11 is 0. The summed E-state index contributed by atoms with van der Waals surface area (Å²) in [7, 11) is 1.31. The average Bonchev–Trinajstić information content (AvgIpc) is 3.33. The molecule has 3 unspecified atom stereocenters. The first-order valence-electron chi connectivity index (χ1n) is 31.2. The number of nitrogens with zero attached hydrogens (tertiary/aromatic N) is 1. The molecular formula is C62H123N2O6P. The van der Waals surface area contributed by atoms with Crippen molar-refractivity contribution in [1.29, 1.82) is 0 Å². The van der Waals surface area contributed by atoms with Gasteiger partial charge in [-0.1, -0.05) is 289 Å². The molecule has 2 N–H and O–H groups in total. The molecule has 0 aliphatic carbocycles. The lowest BCUT2D eigenvalue weighted by Crippen LogP contribution is -2.46. The summed E-state index contributed by atoms with van der Waals surface area (Å²) < 4.78 is 23.3. The molecule has 0 saturated carbocycles. The maximum atomic E-state index is 12.9. The number of hydrogen-bond donors (Lipinski definition) is 2. The lowest BCUT2D eigenvalue weighted by atomic mass is 10.0. The van der Waals surface area contributed by atoms with E-state index in [0.29, 0.717) is 23.9 Å². The SMILES string of the molecule is CCCCCCCCCCCCCCCCC/C=C\C/C=C\CCCCCCCCCCCCCCCCCCCC(=O)NC(COP(=O)([O-])OCC[N+](C)(C)C)C(O)CCCCCCCCCCCC. The van der Waals surface area contributed by atoms with Gasteiger partial charge < -0.3 is 28.8 Å². The minimum absolute atomic E-state index is 0.0139. The summed E-state index contributed by atoms with van der Waals surface area (Å²) in [5.41, 5.74) is 0. The fourth-order valence-electron chi connectivity index (χ4n) is 9.54. The van der Waals surface area contributed by atoms with E-state index in [9.17, 15) is 19.4 Å². The Hall–Kier alpha value is -1.02. The zero-order chi connectivity index (χ0) is 52.0. The van der Waals surface area contributed by atoms with Crippen LogP contribution in [-0.2, 0) is 18.4 Å².